The molecule has 1 N–H and O–H groups in total. The third-order valence-corrected chi connectivity index (χ3v) is 5.62. The molecule has 23 heavy (non-hydrogen) atoms. The quantitative estimate of drug-likeness (QED) is 0.827. The smallest absolute Gasteiger partial charge is 0.266 e. The molecule has 0 radical (unpaired) electrons. The van der Waals surface area contributed by atoms with Gasteiger partial charge in [0.25, 0.3) is 10.0 Å². The van der Waals surface area contributed by atoms with E-state index in [1.165, 1.54) is 29.7 Å². The zero-order valence-corrected chi connectivity index (χ0v) is 14.6. The first kappa shape index (κ1) is 17.4. The van der Waals surface area contributed by atoms with E-state index in [9.17, 15) is 13.2 Å². The predicted octanol–water partition coefficient (Wildman–Crippen LogP) is 2.11. The van der Waals surface area contributed by atoms with Gasteiger partial charge in [-0.3, -0.25) is 4.79 Å². The van der Waals surface area contributed by atoms with Crippen LogP contribution >= 0.6 is 11.3 Å². The van der Waals surface area contributed by atoms with Crippen LogP contribution in [0.1, 0.15) is 13.8 Å². The van der Waals surface area contributed by atoms with Gasteiger partial charge in [-0.2, -0.15) is 0 Å². The zero-order valence-electron chi connectivity index (χ0n) is 13.0. The van der Waals surface area contributed by atoms with Gasteiger partial charge in [0.05, 0.1) is 4.90 Å². The van der Waals surface area contributed by atoms with Gasteiger partial charge in [-0.15, -0.1) is 11.3 Å². The highest BCUT2D eigenvalue weighted by Crippen LogP contribution is 2.25. The van der Waals surface area contributed by atoms with E-state index in [0.29, 0.717) is 6.54 Å². The standard InChI is InChI=1S/C15H19N3O3S2/c1-12(2)10-17-14(19)11-18(15-16-8-9-22-15)23(20,21)13-6-4-3-5-7-13/h3-9,12H,10-11H2,1-2H3,(H,17,19). The number of hydrogen-bond acceptors (Lipinski definition) is 5. The molecule has 1 aromatic heterocycles. The topological polar surface area (TPSA) is 79.4 Å². The maximum Gasteiger partial charge on any atom is 0.266 e. The van der Waals surface area contributed by atoms with Crippen LogP contribution in [-0.4, -0.2) is 32.4 Å². The first-order chi connectivity index (χ1) is 10.9. The second-order valence-electron chi connectivity index (χ2n) is 5.34. The molecule has 124 valence electrons. The molecule has 8 heteroatoms. The minimum absolute atomic E-state index is 0.131. The van der Waals surface area contributed by atoms with Gasteiger partial charge in [0.2, 0.25) is 5.91 Å². The Kier molecular flexibility index (Phi) is 5.73. The number of carbonyl (C=O) groups excluding carboxylic acids is 1. The average Bonchev–Trinajstić information content (AvgIpc) is 3.05. The molecule has 0 spiro atoms. The van der Waals surface area contributed by atoms with Gasteiger partial charge in [-0.1, -0.05) is 32.0 Å². The van der Waals surface area contributed by atoms with E-state index in [1.807, 2.05) is 13.8 Å². The van der Waals surface area contributed by atoms with Crippen LogP contribution < -0.4 is 9.62 Å². The summed E-state index contributed by atoms with van der Waals surface area (Å²) < 4.78 is 26.7. The van der Waals surface area contributed by atoms with Crippen molar-refractivity contribution in [1.29, 1.82) is 0 Å². The van der Waals surface area contributed by atoms with E-state index in [-0.39, 0.29) is 28.4 Å². The van der Waals surface area contributed by atoms with Gasteiger partial charge >= 0.3 is 0 Å². The number of anilines is 1. The summed E-state index contributed by atoms with van der Waals surface area (Å²) in [5, 5.41) is 4.68. The Balaban J connectivity index is 2.27. The Morgan fingerprint density at radius 2 is 2.00 bits per heavy atom. The number of aromatic nitrogens is 1. The Morgan fingerprint density at radius 3 is 2.57 bits per heavy atom. The maximum absolute atomic E-state index is 12.8. The van der Waals surface area contributed by atoms with Crippen molar-refractivity contribution < 1.29 is 13.2 Å². The number of thiazole rings is 1. The van der Waals surface area contributed by atoms with Crippen LogP contribution in [-0.2, 0) is 14.8 Å². The molecule has 0 aliphatic rings. The van der Waals surface area contributed by atoms with Crippen molar-refractivity contribution in [2.45, 2.75) is 18.7 Å². The third kappa shape index (κ3) is 4.52. The number of nitrogens with zero attached hydrogens (tertiary/aromatic N) is 2. The van der Waals surface area contributed by atoms with Crippen LogP contribution in [0, 0.1) is 5.92 Å². The van der Waals surface area contributed by atoms with Crippen molar-refractivity contribution in [3.63, 3.8) is 0 Å². The van der Waals surface area contributed by atoms with Gasteiger partial charge < -0.3 is 5.32 Å². The summed E-state index contributed by atoms with van der Waals surface area (Å²) in [5.74, 6) is -0.0635. The van der Waals surface area contributed by atoms with Gasteiger partial charge in [0, 0.05) is 18.1 Å². The number of hydrogen-bond donors (Lipinski definition) is 1. The maximum atomic E-state index is 12.8. The molecule has 0 aliphatic carbocycles. The van der Waals surface area contributed by atoms with Crippen LogP contribution in [0.2, 0.25) is 0 Å². The first-order valence-corrected chi connectivity index (χ1v) is 9.47. The Bertz CT molecular complexity index is 729. The van der Waals surface area contributed by atoms with Crippen molar-refractivity contribution in [2.24, 2.45) is 5.92 Å². The van der Waals surface area contributed by atoms with Crippen LogP contribution in [0.5, 0.6) is 0 Å². The number of nitrogens with one attached hydrogen (secondary N) is 1. The van der Waals surface area contributed by atoms with Gasteiger partial charge in [0.15, 0.2) is 5.13 Å². The Hall–Kier alpha value is -1.93. The van der Waals surface area contributed by atoms with Crippen molar-refractivity contribution in [1.82, 2.24) is 10.3 Å². The molecule has 0 saturated heterocycles. The molecule has 1 aromatic carbocycles. The van der Waals surface area contributed by atoms with E-state index in [1.54, 1.807) is 23.6 Å². The zero-order chi connectivity index (χ0) is 16.9. The second-order valence-corrected chi connectivity index (χ2v) is 8.07. The van der Waals surface area contributed by atoms with E-state index >= 15 is 0 Å². The highest BCUT2D eigenvalue weighted by Gasteiger charge is 2.28. The van der Waals surface area contributed by atoms with Crippen molar-refractivity contribution >= 4 is 32.4 Å². The highest BCUT2D eigenvalue weighted by atomic mass is 32.2. The largest absolute Gasteiger partial charge is 0.354 e. The van der Waals surface area contributed by atoms with Gasteiger partial charge in [-0.25, -0.2) is 17.7 Å². The molecule has 0 atom stereocenters. The fourth-order valence-electron chi connectivity index (χ4n) is 1.82. The average molecular weight is 353 g/mol. The molecule has 1 amide bonds. The molecular formula is C15H19N3O3S2. The summed E-state index contributed by atoms with van der Waals surface area (Å²) in [7, 11) is -3.84. The summed E-state index contributed by atoms with van der Waals surface area (Å²) in [5.41, 5.74) is 0. The second kappa shape index (κ2) is 7.56. The first-order valence-electron chi connectivity index (χ1n) is 7.15. The lowest BCUT2D eigenvalue weighted by Crippen LogP contribution is -2.41. The fourth-order valence-corrected chi connectivity index (χ4v) is 4.08. The monoisotopic (exact) mass is 353 g/mol. The van der Waals surface area contributed by atoms with E-state index in [4.69, 9.17) is 0 Å². The van der Waals surface area contributed by atoms with E-state index in [2.05, 4.69) is 10.3 Å². The lowest BCUT2D eigenvalue weighted by Gasteiger charge is -2.21. The number of benzene rings is 1. The SMILES string of the molecule is CC(C)CNC(=O)CN(c1nccs1)S(=O)(=O)c1ccccc1. The van der Waals surface area contributed by atoms with Gasteiger partial charge in [-0.05, 0) is 18.1 Å². The van der Waals surface area contributed by atoms with Crippen LogP contribution in [0.15, 0.2) is 46.8 Å². The van der Waals surface area contributed by atoms with Gasteiger partial charge in [0.1, 0.15) is 6.54 Å². The minimum Gasteiger partial charge on any atom is -0.354 e. The van der Waals surface area contributed by atoms with Crippen LogP contribution in [0.25, 0.3) is 0 Å². The number of amides is 1. The summed E-state index contributed by atoms with van der Waals surface area (Å²) in [4.78, 5) is 16.3. The summed E-state index contributed by atoms with van der Waals surface area (Å²) in [6, 6.07) is 8.03. The molecule has 0 fully saturated rings. The fraction of sp³-hybridized carbons (Fsp3) is 0.333. The lowest BCUT2D eigenvalue weighted by atomic mass is 10.2. The number of rotatable bonds is 7. The van der Waals surface area contributed by atoms with E-state index < -0.39 is 10.0 Å². The van der Waals surface area contributed by atoms with Crippen molar-refractivity contribution in [3.8, 4) is 0 Å². The summed E-state index contributed by atoms with van der Waals surface area (Å²) in [6.45, 7) is 4.15. The van der Waals surface area contributed by atoms with Crippen LogP contribution in [0.4, 0.5) is 5.13 Å². The summed E-state index contributed by atoms with van der Waals surface area (Å²) in [6.07, 6.45) is 1.51. The number of carbonyl (C=O) groups is 1. The molecular weight excluding hydrogens is 334 g/mol. The third-order valence-electron chi connectivity index (χ3n) is 2.96. The molecule has 2 aromatic rings. The lowest BCUT2D eigenvalue weighted by molar-refractivity contribution is -0.119. The molecule has 0 bridgehead atoms. The molecule has 1 heterocycles. The Labute approximate surface area is 140 Å². The Morgan fingerprint density at radius 1 is 1.30 bits per heavy atom. The van der Waals surface area contributed by atoms with E-state index in [0.717, 1.165) is 4.31 Å². The van der Waals surface area contributed by atoms with Crippen molar-refractivity contribution in [2.75, 3.05) is 17.4 Å². The predicted molar refractivity (Wildman–Crippen MR) is 90.9 cm³/mol. The normalized spacial score (nSPS) is 11.4. The van der Waals surface area contributed by atoms with Crippen LogP contribution in [0.3, 0.4) is 0 Å². The minimum atomic E-state index is -3.84. The molecule has 2 rings (SSSR count). The summed E-state index contributed by atoms with van der Waals surface area (Å²) >= 11 is 1.17. The molecule has 0 saturated carbocycles. The highest BCUT2D eigenvalue weighted by molar-refractivity contribution is 7.93. The molecule has 6 nitrogen and oxygen atoms in total. The number of sulfonamides is 1. The molecule has 0 aliphatic heterocycles. The van der Waals surface area contributed by atoms with Crippen molar-refractivity contribution in [3.05, 3.63) is 41.9 Å². The molecule has 0 unspecified atom stereocenters.